The van der Waals surface area contributed by atoms with E-state index in [0.717, 1.165) is 5.56 Å². The first kappa shape index (κ1) is 9.21. The second kappa shape index (κ2) is 3.10. The van der Waals surface area contributed by atoms with Crippen LogP contribution in [0.15, 0.2) is 30.3 Å². The SMILES string of the molecule is O=C(O)C1(CO)CC1c1ccccc1. The Kier molecular flexibility index (Phi) is 2.04. The summed E-state index contributed by atoms with van der Waals surface area (Å²) in [5.74, 6) is -0.917. The summed E-state index contributed by atoms with van der Waals surface area (Å²) in [5, 5.41) is 18.1. The molecule has 3 nitrogen and oxygen atoms in total. The van der Waals surface area contributed by atoms with Crippen molar-refractivity contribution in [3.8, 4) is 0 Å². The normalized spacial score (nSPS) is 29.9. The molecule has 1 aliphatic rings. The predicted octanol–water partition coefficient (Wildman–Crippen LogP) is 1.24. The van der Waals surface area contributed by atoms with Gasteiger partial charge < -0.3 is 10.2 Å². The van der Waals surface area contributed by atoms with Crippen LogP contribution in [0.5, 0.6) is 0 Å². The molecule has 0 amide bonds. The highest BCUT2D eigenvalue weighted by molar-refractivity contribution is 5.80. The molecule has 3 heteroatoms. The Labute approximate surface area is 82.0 Å². The highest BCUT2D eigenvalue weighted by Gasteiger charge is 2.60. The van der Waals surface area contributed by atoms with Gasteiger partial charge in [0.1, 0.15) is 0 Å². The molecular weight excluding hydrogens is 180 g/mol. The van der Waals surface area contributed by atoms with Gasteiger partial charge in [0.2, 0.25) is 0 Å². The first-order valence-corrected chi connectivity index (χ1v) is 4.60. The maximum atomic E-state index is 10.9. The maximum absolute atomic E-state index is 10.9. The van der Waals surface area contributed by atoms with Crippen LogP contribution >= 0.6 is 0 Å². The average molecular weight is 192 g/mol. The van der Waals surface area contributed by atoms with E-state index in [9.17, 15) is 4.79 Å². The average Bonchev–Trinajstić information content (AvgIpc) is 2.95. The zero-order chi connectivity index (χ0) is 10.2. The smallest absolute Gasteiger partial charge is 0.312 e. The van der Waals surface area contributed by atoms with E-state index in [1.54, 1.807) is 0 Å². The van der Waals surface area contributed by atoms with E-state index >= 15 is 0 Å². The number of hydrogen-bond donors (Lipinski definition) is 2. The number of hydrogen-bond acceptors (Lipinski definition) is 2. The number of carboxylic acids is 1. The number of aliphatic hydroxyl groups is 1. The minimum Gasteiger partial charge on any atom is -0.481 e. The fourth-order valence-electron chi connectivity index (χ4n) is 1.91. The van der Waals surface area contributed by atoms with Crippen LogP contribution in [0.1, 0.15) is 17.9 Å². The van der Waals surface area contributed by atoms with E-state index in [1.807, 2.05) is 30.3 Å². The van der Waals surface area contributed by atoms with Crippen molar-refractivity contribution in [3.63, 3.8) is 0 Å². The van der Waals surface area contributed by atoms with E-state index in [-0.39, 0.29) is 12.5 Å². The summed E-state index contributed by atoms with van der Waals surface area (Å²) in [5.41, 5.74) is 0.0883. The van der Waals surface area contributed by atoms with Gasteiger partial charge in [0.05, 0.1) is 12.0 Å². The van der Waals surface area contributed by atoms with Crippen LogP contribution in [0.4, 0.5) is 0 Å². The number of aliphatic carboxylic acids is 1. The van der Waals surface area contributed by atoms with Gasteiger partial charge in [-0.1, -0.05) is 30.3 Å². The third-order valence-electron chi connectivity index (χ3n) is 2.99. The molecule has 2 N–H and O–H groups in total. The first-order valence-electron chi connectivity index (χ1n) is 4.60. The highest BCUT2D eigenvalue weighted by atomic mass is 16.4. The van der Waals surface area contributed by atoms with Gasteiger partial charge in [-0.2, -0.15) is 0 Å². The second-order valence-corrected chi connectivity index (χ2v) is 3.79. The summed E-state index contributed by atoms with van der Waals surface area (Å²) in [7, 11) is 0. The zero-order valence-corrected chi connectivity index (χ0v) is 7.68. The molecule has 74 valence electrons. The summed E-state index contributed by atoms with van der Waals surface area (Å²) >= 11 is 0. The van der Waals surface area contributed by atoms with Crippen LogP contribution < -0.4 is 0 Å². The molecule has 1 aliphatic carbocycles. The van der Waals surface area contributed by atoms with Crippen LogP contribution in [0.3, 0.4) is 0 Å². The monoisotopic (exact) mass is 192 g/mol. The van der Waals surface area contributed by atoms with Crippen LogP contribution in [0.25, 0.3) is 0 Å². The molecule has 0 saturated heterocycles. The van der Waals surface area contributed by atoms with E-state index in [2.05, 4.69) is 0 Å². The minimum absolute atomic E-state index is 0.0220. The third-order valence-corrected chi connectivity index (χ3v) is 2.99. The molecule has 0 radical (unpaired) electrons. The molecule has 14 heavy (non-hydrogen) atoms. The number of carbonyl (C=O) groups is 1. The number of benzene rings is 1. The van der Waals surface area contributed by atoms with Gasteiger partial charge in [-0.3, -0.25) is 4.79 Å². The van der Waals surface area contributed by atoms with Crippen molar-refractivity contribution < 1.29 is 15.0 Å². The van der Waals surface area contributed by atoms with Gasteiger partial charge in [-0.15, -0.1) is 0 Å². The van der Waals surface area contributed by atoms with Crippen molar-refractivity contribution in [3.05, 3.63) is 35.9 Å². The fraction of sp³-hybridized carbons (Fsp3) is 0.364. The molecule has 1 aromatic rings. The van der Waals surface area contributed by atoms with Gasteiger partial charge in [0.25, 0.3) is 0 Å². The molecule has 2 rings (SSSR count). The van der Waals surface area contributed by atoms with Gasteiger partial charge in [0, 0.05) is 5.92 Å². The molecule has 1 saturated carbocycles. The summed E-state index contributed by atoms with van der Waals surface area (Å²) in [4.78, 5) is 10.9. The molecule has 2 atom stereocenters. The minimum atomic E-state index is -0.915. The van der Waals surface area contributed by atoms with E-state index < -0.39 is 11.4 Å². The summed E-state index contributed by atoms with van der Waals surface area (Å²) in [6.45, 7) is -0.276. The Balaban J connectivity index is 2.22. The van der Waals surface area contributed by atoms with E-state index in [0.29, 0.717) is 6.42 Å². The number of aliphatic hydroxyl groups excluding tert-OH is 1. The van der Waals surface area contributed by atoms with Crippen molar-refractivity contribution in [2.45, 2.75) is 12.3 Å². The largest absolute Gasteiger partial charge is 0.481 e. The lowest BCUT2D eigenvalue weighted by molar-refractivity contribution is -0.145. The standard InChI is InChI=1S/C11H12O3/c12-7-11(10(13)14)6-9(11)8-4-2-1-3-5-8/h1-5,9,12H,6-7H2,(H,13,14). The van der Waals surface area contributed by atoms with Gasteiger partial charge in [-0.25, -0.2) is 0 Å². The zero-order valence-electron chi connectivity index (χ0n) is 7.68. The molecule has 0 aromatic heterocycles. The topological polar surface area (TPSA) is 57.5 Å². The molecule has 0 aliphatic heterocycles. The fourth-order valence-corrected chi connectivity index (χ4v) is 1.91. The molecule has 1 fully saturated rings. The lowest BCUT2D eigenvalue weighted by Crippen LogP contribution is -2.21. The summed E-state index contributed by atoms with van der Waals surface area (Å²) < 4.78 is 0. The molecule has 2 unspecified atom stereocenters. The van der Waals surface area contributed by atoms with Crippen LogP contribution in [0, 0.1) is 5.41 Å². The van der Waals surface area contributed by atoms with Crippen molar-refractivity contribution in [2.24, 2.45) is 5.41 Å². The van der Waals surface area contributed by atoms with Gasteiger partial charge >= 0.3 is 5.97 Å². The lowest BCUT2D eigenvalue weighted by atomic mass is 10.0. The molecule has 0 bridgehead atoms. The van der Waals surface area contributed by atoms with Crippen LogP contribution in [-0.2, 0) is 4.79 Å². The van der Waals surface area contributed by atoms with E-state index in [1.165, 1.54) is 0 Å². The predicted molar refractivity (Wildman–Crippen MR) is 51.0 cm³/mol. The van der Waals surface area contributed by atoms with Crippen molar-refractivity contribution in [2.75, 3.05) is 6.61 Å². The van der Waals surface area contributed by atoms with Gasteiger partial charge in [0.15, 0.2) is 0 Å². The van der Waals surface area contributed by atoms with Crippen molar-refractivity contribution in [1.29, 1.82) is 0 Å². The van der Waals surface area contributed by atoms with Crippen molar-refractivity contribution >= 4 is 5.97 Å². The number of carboxylic acid groups (broad SMARTS) is 1. The Morgan fingerprint density at radius 1 is 1.43 bits per heavy atom. The van der Waals surface area contributed by atoms with E-state index in [4.69, 9.17) is 10.2 Å². The molecule has 0 spiro atoms. The number of rotatable bonds is 3. The van der Waals surface area contributed by atoms with Crippen molar-refractivity contribution in [1.82, 2.24) is 0 Å². The lowest BCUT2D eigenvalue weighted by Gasteiger charge is -2.07. The Hall–Kier alpha value is -1.35. The Morgan fingerprint density at radius 2 is 2.07 bits per heavy atom. The summed E-state index contributed by atoms with van der Waals surface area (Å²) in [6.07, 6.45) is 0.544. The molecular formula is C11H12O3. The Morgan fingerprint density at radius 3 is 2.50 bits per heavy atom. The Bertz CT molecular complexity index is 347. The van der Waals surface area contributed by atoms with Gasteiger partial charge in [-0.05, 0) is 12.0 Å². The maximum Gasteiger partial charge on any atom is 0.312 e. The molecule has 0 heterocycles. The van der Waals surface area contributed by atoms with Crippen LogP contribution in [-0.4, -0.2) is 22.8 Å². The first-order chi connectivity index (χ1) is 6.70. The molecule has 1 aromatic carbocycles. The quantitative estimate of drug-likeness (QED) is 0.757. The summed E-state index contributed by atoms with van der Waals surface area (Å²) in [6, 6.07) is 9.48. The second-order valence-electron chi connectivity index (χ2n) is 3.79. The highest BCUT2D eigenvalue weighted by Crippen LogP contribution is 2.59. The van der Waals surface area contributed by atoms with Crippen LogP contribution in [0.2, 0.25) is 0 Å². The third kappa shape index (κ3) is 1.21.